The van der Waals surface area contributed by atoms with Gasteiger partial charge in [0.2, 0.25) is 5.91 Å². The highest BCUT2D eigenvalue weighted by molar-refractivity contribution is 7.10. The van der Waals surface area contributed by atoms with Crippen LogP contribution in [-0.2, 0) is 9.59 Å². The number of carbonyl (C=O) groups is 2. The fourth-order valence-electron chi connectivity index (χ4n) is 2.70. The fourth-order valence-corrected chi connectivity index (χ4v) is 3.57. The summed E-state index contributed by atoms with van der Waals surface area (Å²) < 4.78 is 0. The van der Waals surface area contributed by atoms with Crippen LogP contribution >= 0.6 is 23.7 Å². The molecule has 2 atom stereocenters. The van der Waals surface area contributed by atoms with E-state index >= 15 is 0 Å². The number of hydrogen-bond acceptors (Lipinski definition) is 4. The van der Waals surface area contributed by atoms with Crippen molar-refractivity contribution in [1.82, 2.24) is 9.80 Å². The number of amides is 1. The average molecular weight is 347 g/mol. The Bertz CT molecular complexity index is 495. The van der Waals surface area contributed by atoms with Crippen molar-refractivity contribution in [2.24, 2.45) is 0 Å². The van der Waals surface area contributed by atoms with Crippen molar-refractivity contribution < 1.29 is 14.7 Å². The minimum absolute atomic E-state index is 0. The van der Waals surface area contributed by atoms with Crippen molar-refractivity contribution >= 4 is 35.6 Å². The molecule has 1 N–H and O–H groups in total. The van der Waals surface area contributed by atoms with Crippen LogP contribution < -0.4 is 0 Å². The van der Waals surface area contributed by atoms with Gasteiger partial charge in [-0.25, -0.2) is 0 Å². The van der Waals surface area contributed by atoms with Crippen LogP contribution in [0.5, 0.6) is 0 Å². The second-order valence-electron chi connectivity index (χ2n) is 5.51. The van der Waals surface area contributed by atoms with Gasteiger partial charge in [0.25, 0.3) is 0 Å². The zero-order chi connectivity index (χ0) is 15.4. The number of halogens is 1. The number of carboxylic acids is 1. The molecule has 124 valence electrons. The first-order valence-corrected chi connectivity index (χ1v) is 8.14. The van der Waals surface area contributed by atoms with Gasteiger partial charge in [0.1, 0.15) is 0 Å². The molecule has 0 saturated carbocycles. The summed E-state index contributed by atoms with van der Waals surface area (Å²) in [5.41, 5.74) is 0. The topological polar surface area (TPSA) is 60.9 Å². The second-order valence-corrected chi connectivity index (χ2v) is 6.48. The third-order valence-corrected chi connectivity index (χ3v) is 5.08. The molecule has 2 rings (SSSR count). The van der Waals surface area contributed by atoms with Gasteiger partial charge in [-0.05, 0) is 38.3 Å². The Labute approximate surface area is 141 Å². The van der Waals surface area contributed by atoms with E-state index in [1.807, 2.05) is 35.2 Å². The van der Waals surface area contributed by atoms with Crippen molar-refractivity contribution in [3.05, 3.63) is 22.4 Å². The maximum atomic E-state index is 12.7. The highest BCUT2D eigenvalue weighted by Crippen LogP contribution is 2.35. The fraction of sp³-hybridized carbons (Fsp3) is 0.600. The van der Waals surface area contributed by atoms with Crippen LogP contribution in [0, 0.1) is 0 Å². The third kappa shape index (κ3) is 4.44. The Morgan fingerprint density at radius 1 is 1.55 bits per heavy atom. The smallest absolute Gasteiger partial charge is 0.304 e. The molecule has 22 heavy (non-hydrogen) atoms. The molecule has 0 aromatic carbocycles. The molecule has 1 fully saturated rings. The van der Waals surface area contributed by atoms with E-state index < -0.39 is 5.97 Å². The first kappa shape index (κ1) is 18.9. The van der Waals surface area contributed by atoms with Crippen LogP contribution in [0.1, 0.15) is 37.1 Å². The third-order valence-electron chi connectivity index (χ3n) is 4.10. The first-order valence-electron chi connectivity index (χ1n) is 7.26. The predicted molar refractivity (Wildman–Crippen MR) is 89.6 cm³/mol. The van der Waals surface area contributed by atoms with Crippen LogP contribution in [0.3, 0.4) is 0 Å². The Kier molecular flexibility index (Phi) is 7.32. The van der Waals surface area contributed by atoms with Gasteiger partial charge in [0.05, 0.1) is 18.5 Å². The summed E-state index contributed by atoms with van der Waals surface area (Å²) in [5, 5.41) is 10.8. The molecule has 0 spiro atoms. The number of carbonyl (C=O) groups excluding carboxylic acids is 1. The van der Waals surface area contributed by atoms with E-state index in [1.54, 1.807) is 11.3 Å². The van der Waals surface area contributed by atoms with Crippen LogP contribution in [0.15, 0.2) is 17.5 Å². The van der Waals surface area contributed by atoms with Crippen LogP contribution in [0.4, 0.5) is 0 Å². The number of aliphatic carboxylic acids is 1. The zero-order valence-corrected chi connectivity index (χ0v) is 14.5. The molecule has 0 bridgehead atoms. The number of carboxylic acid groups (broad SMARTS) is 1. The minimum Gasteiger partial charge on any atom is -0.481 e. The summed E-state index contributed by atoms with van der Waals surface area (Å²) >= 11 is 1.69. The van der Waals surface area contributed by atoms with E-state index in [2.05, 4.69) is 6.07 Å². The highest BCUT2D eigenvalue weighted by Gasteiger charge is 2.34. The summed E-state index contributed by atoms with van der Waals surface area (Å²) in [6.45, 7) is 3.03. The van der Waals surface area contributed by atoms with E-state index in [-0.39, 0.29) is 36.8 Å². The lowest BCUT2D eigenvalue weighted by Gasteiger charge is -2.31. The van der Waals surface area contributed by atoms with Gasteiger partial charge >= 0.3 is 5.97 Å². The van der Waals surface area contributed by atoms with Gasteiger partial charge in [0.15, 0.2) is 0 Å². The summed E-state index contributed by atoms with van der Waals surface area (Å²) in [6.07, 6.45) is 2.10. The molecule has 1 aromatic heterocycles. The molecular formula is C15H23ClN2O3S. The van der Waals surface area contributed by atoms with Gasteiger partial charge in [-0.3, -0.25) is 14.5 Å². The van der Waals surface area contributed by atoms with E-state index in [4.69, 9.17) is 5.11 Å². The molecular weight excluding hydrogens is 324 g/mol. The SMILES string of the molecule is CC(C(=O)N1CCCC1c1cccs1)N(C)CCC(=O)O.Cl. The maximum Gasteiger partial charge on any atom is 0.304 e. The van der Waals surface area contributed by atoms with Crippen molar-refractivity contribution in [1.29, 1.82) is 0 Å². The first-order chi connectivity index (χ1) is 10.0. The van der Waals surface area contributed by atoms with Crippen molar-refractivity contribution in [2.75, 3.05) is 20.1 Å². The molecule has 2 unspecified atom stereocenters. The van der Waals surface area contributed by atoms with E-state index in [0.717, 1.165) is 19.4 Å². The van der Waals surface area contributed by atoms with Crippen LogP contribution in [0.25, 0.3) is 0 Å². The zero-order valence-electron chi connectivity index (χ0n) is 12.9. The minimum atomic E-state index is -0.834. The van der Waals surface area contributed by atoms with Crippen molar-refractivity contribution in [3.8, 4) is 0 Å². The normalized spacial score (nSPS) is 19.0. The molecule has 1 aliphatic rings. The number of hydrogen-bond donors (Lipinski definition) is 1. The lowest BCUT2D eigenvalue weighted by molar-refractivity contribution is -0.140. The standard InChI is InChI=1S/C15H22N2O3S.ClH/c1-11(16(2)9-7-14(18)19)15(20)17-8-3-5-12(17)13-6-4-10-21-13;/h4,6,10-12H,3,5,7-9H2,1-2H3,(H,18,19);1H. The number of likely N-dealkylation sites (N-methyl/N-ethyl adjacent to an activating group) is 1. The Hall–Kier alpha value is -1.11. The monoisotopic (exact) mass is 346 g/mol. The molecule has 1 aliphatic heterocycles. The average Bonchev–Trinajstić information content (AvgIpc) is 3.12. The van der Waals surface area contributed by atoms with Gasteiger partial charge in [-0.2, -0.15) is 0 Å². The van der Waals surface area contributed by atoms with Crippen LogP contribution in [-0.4, -0.2) is 53.0 Å². The number of thiophene rings is 1. The molecule has 1 aromatic rings. The van der Waals surface area contributed by atoms with Gasteiger partial charge in [-0.1, -0.05) is 6.07 Å². The van der Waals surface area contributed by atoms with Gasteiger partial charge < -0.3 is 10.0 Å². The second kappa shape index (κ2) is 8.50. The predicted octanol–water partition coefficient (Wildman–Crippen LogP) is 2.63. The van der Waals surface area contributed by atoms with Crippen LogP contribution in [0.2, 0.25) is 0 Å². The Morgan fingerprint density at radius 3 is 2.86 bits per heavy atom. The lowest BCUT2D eigenvalue weighted by Crippen LogP contribution is -2.45. The van der Waals surface area contributed by atoms with E-state index in [1.165, 1.54) is 4.88 Å². The largest absolute Gasteiger partial charge is 0.481 e. The number of nitrogens with zero attached hydrogens (tertiary/aromatic N) is 2. The summed E-state index contributed by atoms with van der Waals surface area (Å²) in [7, 11) is 1.81. The molecule has 0 radical (unpaired) electrons. The summed E-state index contributed by atoms with van der Waals surface area (Å²) in [4.78, 5) is 28.3. The van der Waals surface area contributed by atoms with E-state index in [9.17, 15) is 9.59 Å². The molecule has 2 heterocycles. The Morgan fingerprint density at radius 2 is 2.27 bits per heavy atom. The summed E-state index contributed by atoms with van der Waals surface area (Å²) in [6, 6.07) is 4.00. The molecule has 5 nitrogen and oxygen atoms in total. The van der Waals surface area contributed by atoms with Gasteiger partial charge in [0, 0.05) is 18.0 Å². The van der Waals surface area contributed by atoms with Crippen molar-refractivity contribution in [2.45, 2.75) is 38.3 Å². The lowest BCUT2D eigenvalue weighted by atomic mass is 10.1. The number of rotatable bonds is 6. The van der Waals surface area contributed by atoms with Gasteiger partial charge in [-0.15, -0.1) is 23.7 Å². The highest BCUT2D eigenvalue weighted by atomic mass is 35.5. The molecule has 7 heteroatoms. The maximum absolute atomic E-state index is 12.7. The quantitative estimate of drug-likeness (QED) is 0.860. The molecule has 0 aliphatic carbocycles. The van der Waals surface area contributed by atoms with E-state index in [0.29, 0.717) is 6.54 Å². The molecule has 1 saturated heterocycles. The Balaban J connectivity index is 0.00000242. The number of likely N-dealkylation sites (tertiary alicyclic amines) is 1. The van der Waals surface area contributed by atoms with Crippen molar-refractivity contribution in [3.63, 3.8) is 0 Å². The molecule has 1 amide bonds. The summed E-state index contributed by atoms with van der Waals surface area (Å²) in [5.74, 6) is -0.738.